The number of hydrogen-bond donors (Lipinski definition) is 0. The van der Waals surface area contributed by atoms with Crippen LogP contribution in [-0.2, 0) is 5.41 Å². The Hall–Kier alpha value is -1.81. The van der Waals surface area contributed by atoms with E-state index in [1.165, 1.54) is 5.56 Å². The normalized spacial score (nSPS) is 11.5. The molecule has 0 saturated carbocycles. The van der Waals surface area contributed by atoms with Crippen molar-refractivity contribution in [2.45, 2.75) is 40.0 Å². The maximum Gasteiger partial charge on any atom is 0.343 e. The van der Waals surface area contributed by atoms with Crippen LogP contribution in [-0.4, -0.2) is 12.6 Å². The molecule has 3 nitrogen and oxygen atoms in total. The molecule has 0 aliphatic heterocycles. The summed E-state index contributed by atoms with van der Waals surface area (Å²) in [5, 5.41) is 0. The molecule has 2 aromatic rings. The first-order valence-corrected chi connectivity index (χ1v) is 9.21. The average molecular weight is 405 g/mol. The topological polar surface area (TPSA) is 35.5 Å². The van der Waals surface area contributed by atoms with E-state index in [0.29, 0.717) is 23.8 Å². The highest BCUT2D eigenvalue weighted by Crippen LogP contribution is 2.28. The van der Waals surface area contributed by atoms with Gasteiger partial charge in [0.25, 0.3) is 0 Å². The molecule has 0 radical (unpaired) electrons. The third kappa shape index (κ3) is 5.60. The highest BCUT2D eigenvalue weighted by molar-refractivity contribution is 9.10. The molecule has 2 rings (SSSR count). The fraction of sp³-hybridized carbons (Fsp3) is 0.381. The van der Waals surface area contributed by atoms with E-state index in [0.717, 1.165) is 10.2 Å². The third-order valence-corrected chi connectivity index (χ3v) is 4.29. The molecule has 0 saturated heterocycles. The van der Waals surface area contributed by atoms with E-state index in [4.69, 9.17) is 9.47 Å². The molecule has 25 heavy (non-hydrogen) atoms. The van der Waals surface area contributed by atoms with E-state index in [2.05, 4.69) is 50.5 Å². The van der Waals surface area contributed by atoms with Crippen molar-refractivity contribution in [1.82, 2.24) is 0 Å². The predicted octanol–water partition coefficient (Wildman–Crippen LogP) is 6.00. The molecule has 0 aromatic heterocycles. The Morgan fingerprint density at radius 2 is 1.72 bits per heavy atom. The molecule has 0 N–H and O–H groups in total. The van der Waals surface area contributed by atoms with Crippen molar-refractivity contribution >= 4 is 21.9 Å². The van der Waals surface area contributed by atoms with Crippen molar-refractivity contribution in [3.63, 3.8) is 0 Å². The van der Waals surface area contributed by atoms with Crippen LogP contribution < -0.4 is 9.47 Å². The molecule has 0 amide bonds. The minimum absolute atomic E-state index is 0.0687. The SMILES string of the molecule is CC(C)COc1ccc(C(=O)Oc2ccc(C(C)(C)C)cc2)cc1Br. The van der Waals surface area contributed by atoms with E-state index < -0.39 is 0 Å². The van der Waals surface area contributed by atoms with Gasteiger partial charge in [-0.2, -0.15) is 0 Å². The van der Waals surface area contributed by atoms with Crippen LogP contribution in [0.2, 0.25) is 0 Å². The summed E-state index contributed by atoms with van der Waals surface area (Å²) in [5.74, 6) is 1.31. The van der Waals surface area contributed by atoms with Gasteiger partial charge < -0.3 is 9.47 Å². The molecule has 0 fully saturated rings. The Balaban J connectivity index is 2.06. The van der Waals surface area contributed by atoms with Crippen LogP contribution >= 0.6 is 15.9 Å². The van der Waals surface area contributed by atoms with Gasteiger partial charge in [-0.05, 0) is 63.2 Å². The maximum atomic E-state index is 12.3. The quantitative estimate of drug-likeness (QED) is 0.452. The van der Waals surface area contributed by atoms with Crippen molar-refractivity contribution in [3.8, 4) is 11.5 Å². The number of esters is 1. The first kappa shape index (κ1) is 19.5. The summed E-state index contributed by atoms with van der Waals surface area (Å²) in [5.41, 5.74) is 1.74. The molecular formula is C21H25BrO3. The standard InChI is InChI=1S/C21H25BrO3/c1-14(2)13-24-19-11-6-15(12-18(19)22)20(23)25-17-9-7-16(8-10-17)21(3,4)5/h6-12,14H,13H2,1-5H3. The van der Waals surface area contributed by atoms with Crippen molar-refractivity contribution in [2.24, 2.45) is 5.92 Å². The summed E-state index contributed by atoms with van der Waals surface area (Å²) in [6.07, 6.45) is 0. The number of ether oxygens (including phenoxy) is 2. The summed E-state index contributed by atoms with van der Waals surface area (Å²) in [6, 6.07) is 12.9. The summed E-state index contributed by atoms with van der Waals surface area (Å²) in [6.45, 7) is 11.2. The Kier molecular flexibility index (Phi) is 6.28. The van der Waals surface area contributed by atoms with Crippen molar-refractivity contribution in [3.05, 3.63) is 58.1 Å². The lowest BCUT2D eigenvalue weighted by Crippen LogP contribution is -2.12. The zero-order valence-corrected chi connectivity index (χ0v) is 17.0. The zero-order chi connectivity index (χ0) is 18.6. The molecule has 134 valence electrons. The summed E-state index contributed by atoms with van der Waals surface area (Å²) in [4.78, 5) is 12.3. The van der Waals surface area contributed by atoms with E-state index >= 15 is 0 Å². The molecule has 0 aliphatic carbocycles. The molecule has 0 aliphatic rings. The Labute approximate surface area is 158 Å². The van der Waals surface area contributed by atoms with Gasteiger partial charge in [0.15, 0.2) is 0 Å². The fourth-order valence-corrected chi connectivity index (χ4v) is 2.68. The highest BCUT2D eigenvalue weighted by Gasteiger charge is 2.15. The molecule has 2 aromatic carbocycles. The van der Waals surface area contributed by atoms with Gasteiger partial charge in [0.1, 0.15) is 11.5 Å². The molecule has 0 heterocycles. The van der Waals surface area contributed by atoms with Crippen LogP contribution in [0.15, 0.2) is 46.9 Å². The van der Waals surface area contributed by atoms with Crippen LogP contribution in [0, 0.1) is 5.92 Å². The van der Waals surface area contributed by atoms with Gasteiger partial charge in [0.2, 0.25) is 0 Å². The van der Waals surface area contributed by atoms with Gasteiger partial charge in [-0.3, -0.25) is 0 Å². The molecular weight excluding hydrogens is 380 g/mol. The lowest BCUT2D eigenvalue weighted by Gasteiger charge is -2.19. The molecule has 0 bridgehead atoms. The van der Waals surface area contributed by atoms with Gasteiger partial charge in [-0.15, -0.1) is 0 Å². The number of carbonyl (C=O) groups is 1. The van der Waals surface area contributed by atoms with Gasteiger partial charge in [0, 0.05) is 0 Å². The van der Waals surface area contributed by atoms with E-state index in [9.17, 15) is 4.79 Å². The van der Waals surface area contributed by atoms with E-state index in [1.807, 2.05) is 24.3 Å². The van der Waals surface area contributed by atoms with E-state index in [1.54, 1.807) is 18.2 Å². The Morgan fingerprint density at radius 3 is 2.24 bits per heavy atom. The van der Waals surface area contributed by atoms with Crippen LogP contribution in [0.5, 0.6) is 11.5 Å². The fourth-order valence-electron chi connectivity index (χ4n) is 2.19. The first-order valence-electron chi connectivity index (χ1n) is 8.42. The van der Waals surface area contributed by atoms with Gasteiger partial charge in [-0.1, -0.05) is 46.8 Å². The zero-order valence-electron chi connectivity index (χ0n) is 15.4. The number of halogens is 1. The van der Waals surface area contributed by atoms with E-state index in [-0.39, 0.29) is 11.4 Å². The summed E-state index contributed by atoms with van der Waals surface area (Å²) in [7, 11) is 0. The number of hydrogen-bond acceptors (Lipinski definition) is 3. The van der Waals surface area contributed by atoms with Crippen molar-refractivity contribution in [1.29, 1.82) is 0 Å². The third-order valence-electron chi connectivity index (χ3n) is 3.67. The largest absolute Gasteiger partial charge is 0.492 e. The van der Waals surface area contributed by atoms with Crippen LogP contribution in [0.1, 0.15) is 50.5 Å². The minimum Gasteiger partial charge on any atom is -0.492 e. The average Bonchev–Trinajstić information content (AvgIpc) is 2.53. The van der Waals surface area contributed by atoms with Crippen LogP contribution in [0.3, 0.4) is 0 Å². The second-order valence-electron chi connectivity index (χ2n) is 7.51. The second-order valence-corrected chi connectivity index (χ2v) is 8.37. The monoisotopic (exact) mass is 404 g/mol. The lowest BCUT2D eigenvalue weighted by molar-refractivity contribution is 0.0734. The minimum atomic E-state index is -0.389. The number of carbonyl (C=O) groups excluding carboxylic acids is 1. The van der Waals surface area contributed by atoms with Crippen molar-refractivity contribution < 1.29 is 14.3 Å². The Morgan fingerprint density at radius 1 is 1.08 bits per heavy atom. The Bertz CT molecular complexity index is 728. The van der Waals surface area contributed by atoms with Gasteiger partial charge in [-0.25, -0.2) is 4.79 Å². The smallest absolute Gasteiger partial charge is 0.343 e. The molecule has 0 atom stereocenters. The first-order chi connectivity index (χ1) is 11.7. The second kappa shape index (κ2) is 8.05. The molecule has 4 heteroatoms. The molecule has 0 unspecified atom stereocenters. The molecule has 0 spiro atoms. The van der Waals surface area contributed by atoms with Crippen molar-refractivity contribution in [2.75, 3.05) is 6.61 Å². The predicted molar refractivity (Wildman–Crippen MR) is 105 cm³/mol. The van der Waals surface area contributed by atoms with Crippen LogP contribution in [0.25, 0.3) is 0 Å². The number of benzene rings is 2. The van der Waals surface area contributed by atoms with Gasteiger partial charge in [0.05, 0.1) is 16.6 Å². The summed E-state index contributed by atoms with van der Waals surface area (Å²) < 4.78 is 11.9. The lowest BCUT2D eigenvalue weighted by atomic mass is 9.87. The maximum absolute atomic E-state index is 12.3. The van der Waals surface area contributed by atoms with Crippen LogP contribution in [0.4, 0.5) is 0 Å². The van der Waals surface area contributed by atoms with Gasteiger partial charge >= 0.3 is 5.97 Å². The highest BCUT2D eigenvalue weighted by atomic mass is 79.9. The number of rotatable bonds is 5. The summed E-state index contributed by atoms with van der Waals surface area (Å²) >= 11 is 3.45.